The number of nitro benzene ring substituents is 1. The van der Waals surface area contributed by atoms with Crippen LogP contribution in [0.3, 0.4) is 0 Å². The quantitative estimate of drug-likeness (QED) is 0.348. The molecule has 3 rings (SSSR count). The second-order valence-corrected chi connectivity index (χ2v) is 8.28. The minimum absolute atomic E-state index is 0.0521. The first-order chi connectivity index (χ1) is 12.8. The minimum atomic E-state index is -0.537. The molecule has 0 aromatic heterocycles. The highest BCUT2D eigenvalue weighted by Crippen LogP contribution is 2.38. The van der Waals surface area contributed by atoms with Gasteiger partial charge in [0, 0.05) is 22.2 Å². The van der Waals surface area contributed by atoms with Crippen LogP contribution in [0.25, 0.3) is 6.08 Å². The van der Waals surface area contributed by atoms with Gasteiger partial charge in [0.2, 0.25) is 0 Å². The number of non-ortho nitro benzene ring substituents is 1. The van der Waals surface area contributed by atoms with E-state index in [9.17, 15) is 24.8 Å². The number of nitrogens with zero attached hydrogens (tertiary/aromatic N) is 2. The number of nitro groups is 1. The fraction of sp³-hybridized carbons (Fsp3) is 0.0588. The molecule has 0 unspecified atom stereocenters. The van der Waals surface area contributed by atoms with Crippen LogP contribution in [0.15, 0.2) is 50.2 Å². The van der Waals surface area contributed by atoms with Gasteiger partial charge in [-0.05, 0) is 51.5 Å². The molecule has 1 N–H and O–H groups in total. The number of benzene rings is 2. The van der Waals surface area contributed by atoms with Crippen LogP contribution in [-0.4, -0.2) is 26.1 Å². The first kappa shape index (κ1) is 19.6. The summed E-state index contributed by atoms with van der Waals surface area (Å²) < 4.78 is 1.13. The summed E-state index contributed by atoms with van der Waals surface area (Å²) >= 11 is 7.27. The number of thioether (sulfide) groups is 1. The highest BCUT2D eigenvalue weighted by Gasteiger charge is 2.35. The summed E-state index contributed by atoms with van der Waals surface area (Å²) in [4.78, 5) is 36.4. The largest absolute Gasteiger partial charge is 0.506 e. The molecule has 138 valence electrons. The fourth-order valence-corrected chi connectivity index (χ4v) is 4.51. The van der Waals surface area contributed by atoms with Gasteiger partial charge in [-0.3, -0.25) is 24.6 Å². The minimum Gasteiger partial charge on any atom is -0.506 e. The van der Waals surface area contributed by atoms with Crippen molar-refractivity contribution in [2.75, 3.05) is 0 Å². The first-order valence-corrected chi connectivity index (χ1v) is 9.83. The van der Waals surface area contributed by atoms with Crippen LogP contribution in [0.5, 0.6) is 5.75 Å². The standard InChI is InChI=1S/C17H10Br2N2O5S/c18-11-5-10(15(22)13(19)7-11)6-14-16(23)20(17(24)27-14)8-9-2-1-3-12(4-9)21(25)26/h1-7,22H,8H2. The second-order valence-electron chi connectivity index (χ2n) is 5.52. The summed E-state index contributed by atoms with van der Waals surface area (Å²) in [5.74, 6) is -0.573. The Balaban J connectivity index is 1.87. The van der Waals surface area contributed by atoms with Crippen molar-refractivity contribution in [2.24, 2.45) is 0 Å². The third-order valence-corrected chi connectivity index (χ3v) is 5.65. The second kappa shape index (κ2) is 7.83. The number of carbonyl (C=O) groups is 2. The van der Waals surface area contributed by atoms with Gasteiger partial charge in [-0.25, -0.2) is 0 Å². The highest BCUT2D eigenvalue weighted by atomic mass is 79.9. The van der Waals surface area contributed by atoms with E-state index < -0.39 is 16.1 Å². The zero-order valence-corrected chi connectivity index (χ0v) is 17.4. The van der Waals surface area contributed by atoms with Crippen LogP contribution >= 0.6 is 43.6 Å². The number of amides is 2. The van der Waals surface area contributed by atoms with Crippen molar-refractivity contribution in [3.8, 4) is 5.75 Å². The molecule has 0 radical (unpaired) electrons. The monoisotopic (exact) mass is 512 g/mol. The Morgan fingerprint density at radius 3 is 2.67 bits per heavy atom. The van der Waals surface area contributed by atoms with Crippen LogP contribution < -0.4 is 0 Å². The number of hydrogen-bond acceptors (Lipinski definition) is 6. The van der Waals surface area contributed by atoms with Gasteiger partial charge in [-0.15, -0.1) is 0 Å². The van der Waals surface area contributed by atoms with Crippen molar-refractivity contribution in [3.05, 3.63) is 71.5 Å². The zero-order valence-electron chi connectivity index (χ0n) is 13.4. The predicted octanol–water partition coefficient (Wildman–Crippen LogP) is 5.06. The molecular weight excluding hydrogens is 504 g/mol. The van der Waals surface area contributed by atoms with E-state index in [-0.39, 0.29) is 22.9 Å². The molecule has 2 amide bonds. The number of aromatic hydroxyl groups is 1. The van der Waals surface area contributed by atoms with Gasteiger partial charge < -0.3 is 5.11 Å². The van der Waals surface area contributed by atoms with E-state index in [2.05, 4.69) is 31.9 Å². The van der Waals surface area contributed by atoms with Gasteiger partial charge in [-0.1, -0.05) is 28.1 Å². The summed E-state index contributed by atoms with van der Waals surface area (Å²) in [6.07, 6.45) is 1.43. The molecule has 10 heteroatoms. The molecule has 7 nitrogen and oxygen atoms in total. The Kier molecular flexibility index (Phi) is 5.68. The predicted molar refractivity (Wildman–Crippen MR) is 108 cm³/mol. The number of imide groups is 1. The molecule has 1 aliphatic rings. The summed E-state index contributed by atoms with van der Waals surface area (Å²) in [5.41, 5.74) is 0.733. The van der Waals surface area contributed by atoms with E-state index in [4.69, 9.17) is 0 Å². The van der Waals surface area contributed by atoms with Crippen molar-refractivity contribution in [3.63, 3.8) is 0 Å². The van der Waals surface area contributed by atoms with Crippen molar-refractivity contribution in [1.29, 1.82) is 0 Å². The van der Waals surface area contributed by atoms with Gasteiger partial charge in [0.15, 0.2) is 0 Å². The Morgan fingerprint density at radius 2 is 1.96 bits per heavy atom. The van der Waals surface area contributed by atoms with Crippen molar-refractivity contribution in [2.45, 2.75) is 6.54 Å². The van der Waals surface area contributed by atoms with Gasteiger partial charge in [0.25, 0.3) is 16.8 Å². The van der Waals surface area contributed by atoms with Gasteiger partial charge in [-0.2, -0.15) is 0 Å². The van der Waals surface area contributed by atoms with E-state index in [1.165, 1.54) is 24.3 Å². The molecule has 1 saturated heterocycles. The lowest BCUT2D eigenvalue weighted by molar-refractivity contribution is -0.384. The van der Waals surface area contributed by atoms with Crippen LogP contribution in [0.1, 0.15) is 11.1 Å². The third kappa shape index (κ3) is 4.23. The Labute approximate surface area is 174 Å². The lowest BCUT2D eigenvalue weighted by atomic mass is 10.1. The van der Waals surface area contributed by atoms with Gasteiger partial charge in [0.1, 0.15) is 5.75 Å². The third-order valence-electron chi connectivity index (χ3n) is 3.68. The molecule has 0 bridgehead atoms. The lowest BCUT2D eigenvalue weighted by Gasteiger charge is -2.12. The van der Waals surface area contributed by atoms with Crippen LogP contribution in [0.4, 0.5) is 10.5 Å². The zero-order chi connectivity index (χ0) is 19.7. The number of hydrogen-bond donors (Lipinski definition) is 1. The van der Waals surface area contributed by atoms with E-state index in [0.29, 0.717) is 20.1 Å². The molecule has 1 heterocycles. The number of halogens is 2. The topological polar surface area (TPSA) is 101 Å². The van der Waals surface area contributed by atoms with Gasteiger partial charge >= 0.3 is 0 Å². The SMILES string of the molecule is O=C1SC(=Cc2cc(Br)cc(Br)c2O)C(=O)N1Cc1cccc([N+](=O)[O-])c1. The van der Waals surface area contributed by atoms with Crippen molar-refractivity contribution >= 4 is 66.5 Å². The van der Waals surface area contributed by atoms with E-state index in [1.54, 1.807) is 18.2 Å². The van der Waals surface area contributed by atoms with Crippen LogP contribution in [-0.2, 0) is 11.3 Å². The summed E-state index contributed by atoms with van der Waals surface area (Å²) in [6, 6.07) is 9.04. The van der Waals surface area contributed by atoms with Gasteiger partial charge in [0.05, 0.1) is 20.8 Å². The normalized spacial score (nSPS) is 15.6. The molecule has 0 spiro atoms. The number of carbonyl (C=O) groups excluding carboxylic acids is 2. The molecule has 27 heavy (non-hydrogen) atoms. The van der Waals surface area contributed by atoms with Crippen molar-refractivity contribution < 1.29 is 19.6 Å². The molecule has 1 aliphatic heterocycles. The number of rotatable bonds is 4. The summed E-state index contributed by atoms with van der Waals surface area (Å²) in [6.45, 7) is -0.0716. The molecule has 0 atom stereocenters. The molecule has 2 aromatic carbocycles. The smallest absolute Gasteiger partial charge is 0.293 e. The molecule has 0 saturated carbocycles. The summed E-state index contributed by atoms with van der Waals surface area (Å²) in [7, 11) is 0. The average Bonchev–Trinajstić information content (AvgIpc) is 2.87. The maximum Gasteiger partial charge on any atom is 0.293 e. The van der Waals surface area contributed by atoms with Crippen LogP contribution in [0, 0.1) is 10.1 Å². The first-order valence-electron chi connectivity index (χ1n) is 7.43. The fourth-order valence-electron chi connectivity index (χ4n) is 2.42. The summed E-state index contributed by atoms with van der Waals surface area (Å²) in [5, 5.41) is 20.5. The average molecular weight is 514 g/mol. The highest BCUT2D eigenvalue weighted by molar-refractivity contribution is 9.11. The molecule has 2 aromatic rings. The van der Waals surface area contributed by atoms with E-state index >= 15 is 0 Å². The molecular formula is C17H10Br2N2O5S. The molecule has 0 aliphatic carbocycles. The maximum absolute atomic E-state index is 12.6. The number of phenols is 1. The van der Waals surface area contributed by atoms with E-state index in [0.717, 1.165) is 16.7 Å². The maximum atomic E-state index is 12.6. The van der Waals surface area contributed by atoms with E-state index in [1.807, 2.05) is 0 Å². The Morgan fingerprint density at radius 1 is 1.22 bits per heavy atom. The molecule has 1 fully saturated rings. The Hall–Kier alpha value is -2.17. The Bertz CT molecular complexity index is 1010. The van der Waals surface area contributed by atoms with Crippen molar-refractivity contribution in [1.82, 2.24) is 4.90 Å². The van der Waals surface area contributed by atoms with Crippen LogP contribution in [0.2, 0.25) is 0 Å². The lowest BCUT2D eigenvalue weighted by Crippen LogP contribution is -2.27. The number of phenolic OH excluding ortho intramolecular Hbond substituents is 1.